The molecule has 0 aliphatic carbocycles. The average molecular weight is 449 g/mol. The van der Waals surface area contributed by atoms with E-state index in [1.165, 1.54) is 24.5 Å². The number of aromatic nitrogens is 1. The van der Waals surface area contributed by atoms with E-state index in [0.29, 0.717) is 48.7 Å². The average Bonchev–Trinajstić information content (AvgIpc) is 3.27. The summed E-state index contributed by atoms with van der Waals surface area (Å²) in [5.41, 5.74) is 0.793. The van der Waals surface area contributed by atoms with Crippen LogP contribution in [-0.2, 0) is 16.0 Å². The molecule has 9 heteroatoms. The lowest BCUT2D eigenvalue weighted by molar-refractivity contribution is -0.202. The number of methoxy groups -OCH3 is 1. The first-order valence-corrected chi connectivity index (χ1v) is 11.3. The van der Waals surface area contributed by atoms with Gasteiger partial charge in [-0.05, 0) is 37.2 Å². The normalized spacial score (nSPS) is 18.5. The zero-order chi connectivity index (χ0) is 22.1. The second-order valence-electron chi connectivity index (χ2n) is 7.40. The molecule has 168 valence electrons. The number of hydrogen-bond donors (Lipinski definition) is 1. The summed E-state index contributed by atoms with van der Waals surface area (Å²) < 4.78 is 31.0. The lowest BCUT2D eigenvalue weighted by Gasteiger charge is -2.31. The van der Waals surface area contributed by atoms with Crippen molar-refractivity contribution >= 4 is 16.5 Å². The van der Waals surface area contributed by atoms with Gasteiger partial charge in [-0.2, -0.15) is 5.26 Å². The third-order valence-corrected chi connectivity index (χ3v) is 6.08. The minimum absolute atomic E-state index is 0.212. The first-order valence-electron chi connectivity index (χ1n) is 10.5. The number of nitrogens with zero attached hydrogens (tertiary/aromatic N) is 3. The number of hydrogen-bond acceptors (Lipinski definition) is 8. The Balaban J connectivity index is 1.59. The molecule has 0 radical (unpaired) electrons. The quantitative estimate of drug-likeness (QED) is 0.527. The summed E-state index contributed by atoms with van der Waals surface area (Å²) in [4.78, 5) is 6.93. The summed E-state index contributed by atoms with van der Waals surface area (Å²) in [6.45, 7) is 6.48. The highest BCUT2D eigenvalue weighted by molar-refractivity contribution is 7.16. The molecule has 2 heterocycles. The van der Waals surface area contributed by atoms with Gasteiger partial charge in [0.25, 0.3) is 0 Å². The van der Waals surface area contributed by atoms with Crippen molar-refractivity contribution in [3.05, 3.63) is 40.7 Å². The van der Waals surface area contributed by atoms with Crippen LogP contribution >= 0.6 is 11.3 Å². The molecule has 0 spiro atoms. The highest BCUT2D eigenvalue weighted by Crippen LogP contribution is 2.26. The van der Waals surface area contributed by atoms with Gasteiger partial charge in [-0.3, -0.25) is 0 Å². The van der Waals surface area contributed by atoms with E-state index in [1.807, 2.05) is 11.0 Å². The van der Waals surface area contributed by atoms with Crippen molar-refractivity contribution in [3.63, 3.8) is 0 Å². The fourth-order valence-electron chi connectivity index (χ4n) is 3.39. The van der Waals surface area contributed by atoms with Crippen LogP contribution in [0.4, 0.5) is 9.52 Å². The molecule has 0 amide bonds. The van der Waals surface area contributed by atoms with Gasteiger partial charge in [-0.15, -0.1) is 0 Å². The van der Waals surface area contributed by atoms with Crippen molar-refractivity contribution in [3.8, 4) is 11.8 Å². The number of benzene rings is 1. The van der Waals surface area contributed by atoms with E-state index in [4.69, 9.17) is 19.5 Å². The van der Waals surface area contributed by atoms with Crippen molar-refractivity contribution in [2.75, 3.05) is 44.9 Å². The second kappa shape index (κ2) is 12.0. The second-order valence-corrected chi connectivity index (χ2v) is 8.41. The fourth-order valence-corrected chi connectivity index (χ4v) is 4.13. The highest BCUT2D eigenvalue weighted by Gasteiger charge is 2.23. The Bertz CT molecular complexity index is 865. The van der Waals surface area contributed by atoms with Gasteiger partial charge >= 0.3 is 0 Å². The molecule has 1 fully saturated rings. The van der Waals surface area contributed by atoms with Crippen molar-refractivity contribution in [1.29, 1.82) is 5.26 Å². The Morgan fingerprint density at radius 1 is 1.35 bits per heavy atom. The summed E-state index contributed by atoms with van der Waals surface area (Å²) in [5.74, 6) is 0.217. The van der Waals surface area contributed by atoms with Crippen LogP contribution in [0.3, 0.4) is 0 Å². The molecule has 1 aromatic heterocycles. The number of rotatable bonds is 11. The molecule has 0 saturated carbocycles. The third kappa shape index (κ3) is 6.87. The van der Waals surface area contributed by atoms with Gasteiger partial charge in [0.15, 0.2) is 23.0 Å². The molecule has 3 rings (SSSR count). The Morgan fingerprint density at radius 2 is 2.16 bits per heavy atom. The SMILES string of the molecule is CCNCCC1COC(CCN(Cc2ccc(OC)c(F)c2)c2ncc(C#N)s2)OC1. The number of thiazole rings is 1. The van der Waals surface area contributed by atoms with Crippen LogP contribution in [0, 0.1) is 23.1 Å². The molecule has 1 aromatic carbocycles. The molecule has 1 saturated heterocycles. The Hall–Kier alpha value is -2.25. The minimum Gasteiger partial charge on any atom is -0.494 e. The van der Waals surface area contributed by atoms with Gasteiger partial charge in [0, 0.05) is 25.4 Å². The van der Waals surface area contributed by atoms with E-state index in [1.54, 1.807) is 12.3 Å². The Labute approximate surface area is 186 Å². The number of nitriles is 1. The van der Waals surface area contributed by atoms with Crippen LogP contribution in [0.25, 0.3) is 0 Å². The molecule has 2 aromatic rings. The monoisotopic (exact) mass is 448 g/mol. The fraction of sp³-hybridized carbons (Fsp3) is 0.545. The van der Waals surface area contributed by atoms with Crippen LogP contribution in [0.15, 0.2) is 24.4 Å². The number of nitrogens with one attached hydrogen (secondary N) is 1. The van der Waals surface area contributed by atoms with E-state index in [9.17, 15) is 4.39 Å². The van der Waals surface area contributed by atoms with Gasteiger partial charge < -0.3 is 24.4 Å². The molecule has 0 bridgehead atoms. The number of halogens is 1. The molecular weight excluding hydrogens is 419 g/mol. The lowest BCUT2D eigenvalue weighted by Crippen LogP contribution is -2.36. The van der Waals surface area contributed by atoms with Crippen LogP contribution in [0.5, 0.6) is 5.75 Å². The Kier molecular flexibility index (Phi) is 9.03. The van der Waals surface area contributed by atoms with E-state index in [2.05, 4.69) is 23.3 Å². The summed E-state index contributed by atoms with van der Waals surface area (Å²) in [5, 5.41) is 13.2. The highest BCUT2D eigenvalue weighted by atomic mass is 32.1. The van der Waals surface area contributed by atoms with Crippen molar-refractivity contribution in [2.24, 2.45) is 5.92 Å². The van der Waals surface area contributed by atoms with Gasteiger partial charge in [0.2, 0.25) is 0 Å². The maximum atomic E-state index is 14.1. The topological polar surface area (TPSA) is 79.6 Å². The number of ether oxygens (including phenoxy) is 3. The Morgan fingerprint density at radius 3 is 2.81 bits per heavy atom. The van der Waals surface area contributed by atoms with Gasteiger partial charge in [-0.25, -0.2) is 9.37 Å². The van der Waals surface area contributed by atoms with Gasteiger partial charge in [-0.1, -0.05) is 24.3 Å². The van der Waals surface area contributed by atoms with E-state index < -0.39 is 5.82 Å². The maximum absolute atomic E-state index is 14.1. The van der Waals surface area contributed by atoms with Crippen molar-refractivity contribution in [1.82, 2.24) is 10.3 Å². The molecule has 0 unspecified atom stereocenters. The summed E-state index contributed by atoms with van der Waals surface area (Å²) in [6.07, 6.45) is 2.97. The predicted molar refractivity (Wildman–Crippen MR) is 118 cm³/mol. The molecular formula is C22H29FN4O3S. The molecule has 7 nitrogen and oxygen atoms in total. The largest absolute Gasteiger partial charge is 0.494 e. The van der Waals surface area contributed by atoms with Crippen molar-refractivity contribution in [2.45, 2.75) is 32.6 Å². The third-order valence-electron chi connectivity index (χ3n) is 5.11. The van der Waals surface area contributed by atoms with Crippen LogP contribution in [0.1, 0.15) is 30.2 Å². The molecule has 1 N–H and O–H groups in total. The van der Waals surface area contributed by atoms with Crippen LogP contribution in [0.2, 0.25) is 0 Å². The van der Waals surface area contributed by atoms with E-state index in [0.717, 1.165) is 25.1 Å². The van der Waals surface area contributed by atoms with E-state index in [-0.39, 0.29) is 12.0 Å². The summed E-state index contributed by atoms with van der Waals surface area (Å²) >= 11 is 1.32. The first kappa shape index (κ1) is 23.4. The number of anilines is 1. The van der Waals surface area contributed by atoms with Crippen LogP contribution in [-0.4, -0.2) is 51.2 Å². The molecule has 31 heavy (non-hydrogen) atoms. The molecule has 1 aliphatic rings. The van der Waals surface area contributed by atoms with Crippen LogP contribution < -0.4 is 15.0 Å². The van der Waals surface area contributed by atoms with Gasteiger partial charge in [0.1, 0.15) is 10.9 Å². The minimum atomic E-state index is -0.403. The molecule has 0 atom stereocenters. The standard InChI is InChI=1S/C22H29FN4O3S/c1-3-25-8-6-17-14-29-21(30-15-17)7-9-27(22-26-12-18(11-24)31-22)13-16-4-5-20(28-2)19(23)10-16/h4-5,10,12,17,21,25H,3,6-9,13-15H2,1-2H3. The first-order chi connectivity index (χ1) is 15.1. The lowest BCUT2D eigenvalue weighted by atomic mass is 10.1. The zero-order valence-corrected chi connectivity index (χ0v) is 18.8. The predicted octanol–water partition coefficient (Wildman–Crippen LogP) is 3.55. The summed E-state index contributed by atoms with van der Waals surface area (Å²) in [6, 6.07) is 7.03. The molecule has 1 aliphatic heterocycles. The van der Waals surface area contributed by atoms with E-state index >= 15 is 0 Å². The summed E-state index contributed by atoms with van der Waals surface area (Å²) in [7, 11) is 1.44. The smallest absolute Gasteiger partial charge is 0.186 e. The maximum Gasteiger partial charge on any atom is 0.186 e. The van der Waals surface area contributed by atoms with Gasteiger partial charge in [0.05, 0.1) is 26.5 Å². The zero-order valence-electron chi connectivity index (χ0n) is 18.0. The van der Waals surface area contributed by atoms with Crippen molar-refractivity contribution < 1.29 is 18.6 Å².